The second kappa shape index (κ2) is 8.86. The van der Waals surface area contributed by atoms with E-state index in [0.29, 0.717) is 18.8 Å². The molecule has 1 aliphatic carbocycles. The molecule has 0 radical (unpaired) electrons. The largest absolute Gasteiger partial charge is 0.343 e. The van der Waals surface area contributed by atoms with Crippen molar-refractivity contribution in [2.24, 2.45) is 11.8 Å². The number of rotatable bonds is 5. The summed E-state index contributed by atoms with van der Waals surface area (Å²) in [6.07, 6.45) is 13.5. The van der Waals surface area contributed by atoms with Gasteiger partial charge in [0.25, 0.3) is 0 Å². The van der Waals surface area contributed by atoms with Crippen molar-refractivity contribution >= 4 is 11.8 Å². The fraction of sp³-hybridized carbons (Fsp3) is 0.810. The minimum absolute atomic E-state index is 0.275. The quantitative estimate of drug-likeness (QED) is 0.703. The number of fused-ring (bicyclic) bond motifs is 1. The van der Waals surface area contributed by atoms with Crippen LogP contribution in [0.5, 0.6) is 0 Å². The second-order valence-corrected chi connectivity index (χ2v) is 8.21. The van der Waals surface area contributed by atoms with Crippen LogP contribution in [0.2, 0.25) is 0 Å². The maximum Gasteiger partial charge on any atom is 0.226 e. The molecule has 4 nitrogen and oxygen atoms in total. The molecule has 0 aromatic carbocycles. The first-order chi connectivity index (χ1) is 12.1. The number of piperidine rings is 2. The Kier molecular flexibility index (Phi) is 6.55. The molecule has 2 fully saturated rings. The standard InChI is InChI=1S/C21H34N2O2/c1-17-12-15-22(16-13-17)20(24)10-4-5-11-21(25)23-14-6-8-18-7-2-3-9-19(18)23/h9,17-18H,2-8,10-16H2,1H3. The Morgan fingerprint density at radius 1 is 0.960 bits per heavy atom. The van der Waals surface area contributed by atoms with Gasteiger partial charge in [-0.1, -0.05) is 13.0 Å². The van der Waals surface area contributed by atoms with Crippen molar-refractivity contribution in [3.8, 4) is 0 Å². The van der Waals surface area contributed by atoms with Crippen molar-refractivity contribution < 1.29 is 9.59 Å². The van der Waals surface area contributed by atoms with E-state index in [1.807, 2.05) is 4.90 Å². The van der Waals surface area contributed by atoms with Gasteiger partial charge in [0.05, 0.1) is 0 Å². The third-order valence-corrected chi connectivity index (χ3v) is 6.24. The summed E-state index contributed by atoms with van der Waals surface area (Å²) in [6, 6.07) is 0. The fourth-order valence-corrected chi connectivity index (χ4v) is 4.55. The summed E-state index contributed by atoms with van der Waals surface area (Å²) in [4.78, 5) is 29.0. The van der Waals surface area contributed by atoms with Crippen molar-refractivity contribution in [2.75, 3.05) is 19.6 Å². The minimum atomic E-state index is 0.275. The normalized spacial score (nSPS) is 24.7. The number of unbranched alkanes of at least 4 members (excludes halogenated alkanes) is 1. The summed E-state index contributed by atoms with van der Waals surface area (Å²) in [6.45, 7) is 5.00. The van der Waals surface area contributed by atoms with Crippen LogP contribution in [-0.4, -0.2) is 41.2 Å². The molecule has 4 heteroatoms. The zero-order valence-electron chi connectivity index (χ0n) is 15.8. The number of carbonyl (C=O) groups is 2. The highest BCUT2D eigenvalue weighted by Gasteiger charge is 2.29. The van der Waals surface area contributed by atoms with Crippen LogP contribution in [0.15, 0.2) is 11.8 Å². The maximum absolute atomic E-state index is 12.6. The molecule has 3 aliphatic rings. The number of amides is 2. The van der Waals surface area contributed by atoms with Gasteiger partial charge in [-0.05, 0) is 69.6 Å². The number of allylic oxidation sites excluding steroid dienone is 2. The fourth-order valence-electron chi connectivity index (χ4n) is 4.55. The molecule has 1 atom stereocenters. The lowest BCUT2D eigenvalue weighted by molar-refractivity contribution is -0.133. The van der Waals surface area contributed by atoms with Gasteiger partial charge in [0.15, 0.2) is 0 Å². The summed E-state index contributed by atoms with van der Waals surface area (Å²) >= 11 is 0. The van der Waals surface area contributed by atoms with E-state index in [4.69, 9.17) is 0 Å². The number of likely N-dealkylation sites (tertiary alicyclic amines) is 2. The molecule has 0 saturated carbocycles. The van der Waals surface area contributed by atoms with Gasteiger partial charge in [-0.2, -0.15) is 0 Å². The molecule has 25 heavy (non-hydrogen) atoms. The van der Waals surface area contributed by atoms with Gasteiger partial charge in [-0.25, -0.2) is 0 Å². The molecule has 0 bridgehead atoms. The summed E-state index contributed by atoms with van der Waals surface area (Å²) in [5.41, 5.74) is 1.31. The van der Waals surface area contributed by atoms with Crippen molar-refractivity contribution in [3.63, 3.8) is 0 Å². The van der Waals surface area contributed by atoms with Gasteiger partial charge in [0.2, 0.25) is 11.8 Å². The predicted molar refractivity (Wildman–Crippen MR) is 99.8 cm³/mol. The molecule has 0 aromatic heterocycles. The topological polar surface area (TPSA) is 40.6 Å². The lowest BCUT2D eigenvalue weighted by atomic mass is 9.85. The zero-order valence-corrected chi connectivity index (χ0v) is 15.8. The van der Waals surface area contributed by atoms with E-state index in [2.05, 4.69) is 17.9 Å². The summed E-state index contributed by atoms with van der Waals surface area (Å²) < 4.78 is 0. The smallest absolute Gasteiger partial charge is 0.226 e. The maximum atomic E-state index is 12.6. The second-order valence-electron chi connectivity index (χ2n) is 8.21. The van der Waals surface area contributed by atoms with Crippen molar-refractivity contribution in [2.45, 2.75) is 77.6 Å². The third-order valence-electron chi connectivity index (χ3n) is 6.24. The molecule has 1 unspecified atom stereocenters. The summed E-state index contributed by atoms with van der Waals surface area (Å²) in [7, 11) is 0. The van der Waals surface area contributed by atoms with Gasteiger partial charge in [-0.3, -0.25) is 9.59 Å². The highest BCUT2D eigenvalue weighted by Crippen LogP contribution is 2.35. The first-order valence-corrected chi connectivity index (χ1v) is 10.4. The average molecular weight is 347 g/mol. The number of hydrogen-bond acceptors (Lipinski definition) is 2. The Labute approximate surface area is 152 Å². The van der Waals surface area contributed by atoms with E-state index in [-0.39, 0.29) is 11.8 Å². The molecular formula is C21H34N2O2. The number of carbonyl (C=O) groups excluding carboxylic acids is 2. The van der Waals surface area contributed by atoms with Crippen LogP contribution in [-0.2, 0) is 9.59 Å². The number of hydrogen-bond donors (Lipinski definition) is 0. The molecule has 2 saturated heterocycles. The van der Waals surface area contributed by atoms with Gasteiger partial charge in [-0.15, -0.1) is 0 Å². The predicted octanol–water partition coefficient (Wildman–Crippen LogP) is 4.11. The van der Waals surface area contributed by atoms with Gasteiger partial charge in [0.1, 0.15) is 0 Å². The van der Waals surface area contributed by atoms with Crippen LogP contribution in [0.25, 0.3) is 0 Å². The van der Waals surface area contributed by atoms with Crippen molar-refractivity contribution in [1.82, 2.24) is 9.80 Å². The SMILES string of the molecule is CC1CCN(C(=O)CCCCC(=O)N2CCCC3CCCC=C32)CC1. The van der Waals surface area contributed by atoms with E-state index in [9.17, 15) is 9.59 Å². The minimum Gasteiger partial charge on any atom is -0.343 e. The molecule has 2 amide bonds. The Balaban J connectivity index is 1.38. The molecule has 0 N–H and O–H groups in total. The first kappa shape index (κ1) is 18.5. The molecule has 0 spiro atoms. The molecule has 0 aromatic rings. The highest BCUT2D eigenvalue weighted by atomic mass is 16.2. The van der Waals surface area contributed by atoms with Crippen molar-refractivity contribution in [1.29, 1.82) is 0 Å². The monoisotopic (exact) mass is 346 g/mol. The lowest BCUT2D eigenvalue weighted by Gasteiger charge is -2.38. The van der Waals surface area contributed by atoms with E-state index in [1.54, 1.807) is 0 Å². The Bertz CT molecular complexity index is 506. The van der Waals surface area contributed by atoms with Crippen LogP contribution in [0.3, 0.4) is 0 Å². The number of nitrogens with zero attached hydrogens (tertiary/aromatic N) is 2. The molecule has 2 heterocycles. The molecule has 140 valence electrons. The highest BCUT2D eigenvalue weighted by molar-refractivity contribution is 5.79. The Hall–Kier alpha value is -1.32. The third kappa shape index (κ3) is 4.86. The Morgan fingerprint density at radius 3 is 2.40 bits per heavy atom. The zero-order chi connectivity index (χ0) is 17.6. The van der Waals surface area contributed by atoms with E-state index in [1.165, 1.54) is 25.0 Å². The first-order valence-electron chi connectivity index (χ1n) is 10.4. The van der Waals surface area contributed by atoms with Crippen LogP contribution in [0, 0.1) is 11.8 Å². The van der Waals surface area contributed by atoms with Crippen LogP contribution >= 0.6 is 0 Å². The van der Waals surface area contributed by atoms with Gasteiger partial charge < -0.3 is 9.80 Å². The summed E-state index contributed by atoms with van der Waals surface area (Å²) in [5, 5.41) is 0. The van der Waals surface area contributed by atoms with E-state index >= 15 is 0 Å². The average Bonchev–Trinajstić information content (AvgIpc) is 2.65. The van der Waals surface area contributed by atoms with Crippen LogP contribution < -0.4 is 0 Å². The Morgan fingerprint density at radius 2 is 1.64 bits per heavy atom. The van der Waals surface area contributed by atoms with Gasteiger partial charge >= 0.3 is 0 Å². The molecule has 2 aliphatic heterocycles. The van der Waals surface area contributed by atoms with Crippen LogP contribution in [0.4, 0.5) is 0 Å². The van der Waals surface area contributed by atoms with E-state index in [0.717, 1.165) is 64.1 Å². The molecule has 3 rings (SSSR count). The van der Waals surface area contributed by atoms with E-state index < -0.39 is 0 Å². The van der Waals surface area contributed by atoms with Gasteiger partial charge in [0, 0.05) is 38.2 Å². The summed E-state index contributed by atoms with van der Waals surface area (Å²) in [5.74, 6) is 1.93. The molecular weight excluding hydrogens is 312 g/mol. The lowest BCUT2D eigenvalue weighted by Crippen LogP contribution is -2.39. The van der Waals surface area contributed by atoms with Crippen LogP contribution in [0.1, 0.15) is 77.6 Å². The van der Waals surface area contributed by atoms with Crippen molar-refractivity contribution in [3.05, 3.63) is 11.8 Å².